The number of rotatable bonds is 5. The Morgan fingerprint density at radius 3 is 2.54 bits per heavy atom. The number of ether oxygens (including phenoxy) is 1. The minimum absolute atomic E-state index is 0.0843. The molecule has 0 bridgehead atoms. The van der Waals surface area contributed by atoms with E-state index < -0.39 is 5.82 Å². The number of benzene rings is 2. The molecular weight excluding hydrogens is 373 g/mol. The fourth-order valence-corrected chi connectivity index (χ4v) is 3.24. The topological polar surface area (TPSA) is 27.7 Å². The van der Waals surface area contributed by atoms with Crippen LogP contribution in [0.5, 0.6) is 5.75 Å². The molecule has 0 spiro atoms. The highest BCUT2D eigenvalue weighted by Gasteiger charge is 2.19. The van der Waals surface area contributed by atoms with Crippen molar-refractivity contribution >= 4 is 34.6 Å². The summed E-state index contributed by atoms with van der Waals surface area (Å²) in [6.45, 7) is 5.07. The molecule has 138 valence electrons. The van der Waals surface area contributed by atoms with E-state index in [9.17, 15) is 4.39 Å². The van der Waals surface area contributed by atoms with E-state index in [1.165, 1.54) is 6.07 Å². The second-order valence-electron chi connectivity index (χ2n) is 6.05. The van der Waals surface area contributed by atoms with Gasteiger partial charge in [-0.25, -0.2) is 4.39 Å². The molecule has 1 aliphatic rings. The minimum Gasteiger partial charge on any atom is -0.492 e. The van der Waals surface area contributed by atoms with Gasteiger partial charge in [-0.2, -0.15) is 0 Å². The Bertz CT molecular complexity index is 739. The zero-order valence-electron chi connectivity index (χ0n) is 14.3. The largest absolute Gasteiger partial charge is 0.492 e. The molecule has 0 amide bonds. The Kier molecular flexibility index (Phi) is 6.66. The van der Waals surface area contributed by atoms with E-state index in [0.717, 1.165) is 38.5 Å². The third-order valence-electron chi connectivity index (χ3n) is 4.25. The lowest BCUT2D eigenvalue weighted by atomic mass is 10.3. The van der Waals surface area contributed by atoms with Crippen LogP contribution >= 0.6 is 23.8 Å². The number of hydrogen-bond acceptors (Lipinski definition) is 3. The van der Waals surface area contributed by atoms with Crippen LogP contribution in [0.15, 0.2) is 48.5 Å². The van der Waals surface area contributed by atoms with Crippen LogP contribution in [0.3, 0.4) is 0 Å². The van der Waals surface area contributed by atoms with Crippen molar-refractivity contribution < 1.29 is 9.13 Å². The first kappa shape index (κ1) is 18.9. The van der Waals surface area contributed by atoms with Crippen LogP contribution in [-0.4, -0.2) is 54.2 Å². The lowest BCUT2D eigenvalue weighted by Gasteiger charge is -2.36. The van der Waals surface area contributed by atoms with Crippen molar-refractivity contribution in [3.8, 4) is 5.75 Å². The Balaban J connectivity index is 1.40. The molecule has 0 atom stereocenters. The SMILES string of the molecule is Fc1ccc(NC(=S)N2CCN(CCOc3ccccc3)CC2)cc1Cl. The smallest absolute Gasteiger partial charge is 0.173 e. The standard InChI is InChI=1S/C19H21ClFN3OS/c20-17-14-15(6-7-18(17)21)22-19(26)24-10-8-23(9-11-24)12-13-25-16-4-2-1-3-5-16/h1-7,14H,8-13H2,(H,22,26). The molecule has 1 aliphatic heterocycles. The van der Waals surface area contributed by atoms with Crippen molar-refractivity contribution in [2.45, 2.75) is 0 Å². The summed E-state index contributed by atoms with van der Waals surface area (Å²) in [7, 11) is 0. The maximum atomic E-state index is 13.2. The number of thiocarbonyl (C=S) groups is 1. The molecule has 7 heteroatoms. The van der Waals surface area contributed by atoms with E-state index in [4.69, 9.17) is 28.6 Å². The Labute approximate surface area is 163 Å². The van der Waals surface area contributed by atoms with Gasteiger partial charge in [-0.05, 0) is 42.5 Å². The van der Waals surface area contributed by atoms with Crippen LogP contribution in [0.25, 0.3) is 0 Å². The van der Waals surface area contributed by atoms with Crippen LogP contribution in [0, 0.1) is 5.82 Å². The quantitative estimate of drug-likeness (QED) is 0.778. The zero-order chi connectivity index (χ0) is 18.4. The first-order valence-corrected chi connectivity index (χ1v) is 9.31. The van der Waals surface area contributed by atoms with Crippen LogP contribution in [0.2, 0.25) is 5.02 Å². The number of halogens is 2. The number of nitrogens with zero attached hydrogens (tertiary/aromatic N) is 2. The van der Waals surface area contributed by atoms with Crippen molar-refractivity contribution in [2.75, 3.05) is 44.6 Å². The first-order chi connectivity index (χ1) is 12.6. The fraction of sp³-hybridized carbons (Fsp3) is 0.316. The Morgan fingerprint density at radius 1 is 1.12 bits per heavy atom. The molecule has 2 aromatic rings. The van der Waals surface area contributed by atoms with Crippen molar-refractivity contribution in [3.63, 3.8) is 0 Å². The summed E-state index contributed by atoms with van der Waals surface area (Å²) in [5.41, 5.74) is 0.695. The fourth-order valence-electron chi connectivity index (χ4n) is 2.76. The Morgan fingerprint density at radius 2 is 1.85 bits per heavy atom. The summed E-state index contributed by atoms with van der Waals surface area (Å²) in [5, 5.41) is 3.84. The lowest BCUT2D eigenvalue weighted by Crippen LogP contribution is -2.50. The number of anilines is 1. The number of hydrogen-bond donors (Lipinski definition) is 1. The lowest BCUT2D eigenvalue weighted by molar-refractivity contribution is 0.155. The van der Waals surface area contributed by atoms with Gasteiger partial charge in [0.15, 0.2) is 5.11 Å². The van der Waals surface area contributed by atoms with E-state index in [0.29, 0.717) is 17.4 Å². The highest BCUT2D eigenvalue weighted by Crippen LogP contribution is 2.20. The number of piperazine rings is 1. The summed E-state index contributed by atoms with van der Waals surface area (Å²) in [6.07, 6.45) is 0. The molecule has 3 rings (SSSR count). The number of nitrogens with one attached hydrogen (secondary N) is 1. The molecule has 0 radical (unpaired) electrons. The Hall–Kier alpha value is -1.89. The molecule has 26 heavy (non-hydrogen) atoms. The predicted octanol–water partition coefficient (Wildman–Crippen LogP) is 3.87. The third kappa shape index (κ3) is 5.30. The van der Waals surface area contributed by atoms with Crippen LogP contribution in [0.1, 0.15) is 0 Å². The molecule has 1 fully saturated rings. The summed E-state index contributed by atoms with van der Waals surface area (Å²) in [6, 6.07) is 14.3. The van der Waals surface area contributed by atoms with Gasteiger partial charge in [0.2, 0.25) is 0 Å². The molecule has 4 nitrogen and oxygen atoms in total. The van der Waals surface area contributed by atoms with Gasteiger partial charge in [-0.3, -0.25) is 4.90 Å². The summed E-state index contributed by atoms with van der Waals surface area (Å²) >= 11 is 11.3. The van der Waals surface area contributed by atoms with Crippen LogP contribution < -0.4 is 10.1 Å². The molecular formula is C19H21ClFN3OS. The highest BCUT2D eigenvalue weighted by molar-refractivity contribution is 7.80. The molecule has 0 saturated carbocycles. The van der Waals surface area contributed by atoms with Gasteiger partial charge in [-0.15, -0.1) is 0 Å². The van der Waals surface area contributed by atoms with Crippen LogP contribution in [0.4, 0.5) is 10.1 Å². The molecule has 0 aliphatic carbocycles. The summed E-state index contributed by atoms with van der Waals surface area (Å²) in [5.74, 6) is 0.462. The van der Waals surface area contributed by atoms with Gasteiger partial charge in [0, 0.05) is 38.4 Å². The first-order valence-electron chi connectivity index (χ1n) is 8.53. The highest BCUT2D eigenvalue weighted by atomic mass is 35.5. The molecule has 2 aromatic carbocycles. The average Bonchev–Trinajstić information content (AvgIpc) is 2.66. The van der Waals surface area contributed by atoms with Crippen molar-refractivity contribution in [3.05, 3.63) is 59.4 Å². The van der Waals surface area contributed by atoms with Crippen molar-refractivity contribution in [2.24, 2.45) is 0 Å². The van der Waals surface area contributed by atoms with Crippen molar-refractivity contribution in [1.29, 1.82) is 0 Å². The van der Waals surface area contributed by atoms with Crippen LogP contribution in [-0.2, 0) is 0 Å². The van der Waals surface area contributed by atoms with Gasteiger partial charge in [0.25, 0.3) is 0 Å². The maximum absolute atomic E-state index is 13.2. The van der Waals surface area contributed by atoms with Gasteiger partial charge >= 0.3 is 0 Å². The molecule has 1 N–H and O–H groups in total. The van der Waals surface area contributed by atoms with E-state index >= 15 is 0 Å². The maximum Gasteiger partial charge on any atom is 0.173 e. The van der Waals surface area contributed by atoms with E-state index in [1.54, 1.807) is 12.1 Å². The monoisotopic (exact) mass is 393 g/mol. The average molecular weight is 394 g/mol. The molecule has 0 unspecified atom stereocenters. The minimum atomic E-state index is -0.436. The van der Waals surface area contributed by atoms with E-state index in [2.05, 4.69) is 15.1 Å². The second-order valence-corrected chi connectivity index (χ2v) is 6.84. The van der Waals surface area contributed by atoms with E-state index in [1.807, 2.05) is 30.3 Å². The number of para-hydroxylation sites is 1. The van der Waals surface area contributed by atoms with E-state index in [-0.39, 0.29) is 5.02 Å². The molecule has 0 aromatic heterocycles. The van der Waals surface area contributed by atoms with Gasteiger partial charge in [-0.1, -0.05) is 29.8 Å². The third-order valence-corrected chi connectivity index (χ3v) is 4.90. The van der Waals surface area contributed by atoms with Gasteiger partial charge in [0.05, 0.1) is 5.02 Å². The van der Waals surface area contributed by atoms with Crippen molar-refractivity contribution in [1.82, 2.24) is 9.80 Å². The second kappa shape index (κ2) is 9.16. The molecule has 1 heterocycles. The van der Waals surface area contributed by atoms with Gasteiger partial charge < -0.3 is 15.0 Å². The molecule has 1 saturated heterocycles. The summed E-state index contributed by atoms with van der Waals surface area (Å²) < 4.78 is 19.0. The predicted molar refractivity (Wildman–Crippen MR) is 108 cm³/mol. The zero-order valence-corrected chi connectivity index (χ0v) is 15.9. The van der Waals surface area contributed by atoms with Gasteiger partial charge in [0.1, 0.15) is 18.2 Å². The summed E-state index contributed by atoms with van der Waals surface area (Å²) in [4.78, 5) is 4.47. The normalized spacial score (nSPS) is 14.9.